The van der Waals surface area contributed by atoms with Crippen LogP contribution < -0.4 is 16.0 Å². The lowest BCUT2D eigenvalue weighted by Gasteiger charge is -2.23. The van der Waals surface area contributed by atoms with Gasteiger partial charge in [0, 0.05) is 7.05 Å². The summed E-state index contributed by atoms with van der Waals surface area (Å²) >= 11 is 0. The molecule has 0 bridgehead atoms. The average molecular weight is 253 g/mol. The van der Waals surface area contributed by atoms with E-state index in [0.717, 1.165) is 7.11 Å². The van der Waals surface area contributed by atoms with Crippen LogP contribution in [0.2, 0.25) is 0 Å². The molecule has 1 heterocycles. The van der Waals surface area contributed by atoms with Gasteiger partial charge in [-0.1, -0.05) is 0 Å². The Kier molecular flexibility index (Phi) is 3.76. The number of halogens is 3. The van der Waals surface area contributed by atoms with Gasteiger partial charge in [-0.3, -0.25) is 5.32 Å². The molecule has 0 aromatic heterocycles. The number of nitrogens with zero attached hydrogens (tertiary/aromatic N) is 2. The molecule has 0 aromatic carbocycles. The first-order chi connectivity index (χ1) is 7.86. The predicted molar refractivity (Wildman–Crippen MR) is 52.4 cm³/mol. The van der Waals surface area contributed by atoms with E-state index in [9.17, 15) is 18.0 Å². The number of hydrogen-bond donors (Lipinski definition) is 3. The molecule has 0 saturated carbocycles. The van der Waals surface area contributed by atoms with Crippen LogP contribution >= 0.6 is 0 Å². The van der Waals surface area contributed by atoms with Crippen LogP contribution in [0.5, 0.6) is 0 Å². The maximum atomic E-state index is 12.4. The third-order valence-corrected chi connectivity index (χ3v) is 1.67. The van der Waals surface area contributed by atoms with E-state index in [2.05, 4.69) is 25.4 Å². The van der Waals surface area contributed by atoms with Gasteiger partial charge in [0.05, 0.1) is 7.11 Å². The molecule has 10 heteroatoms. The Balaban J connectivity index is 2.84. The number of guanidine groups is 1. The molecular formula is C7H10F3N5O2. The van der Waals surface area contributed by atoms with Gasteiger partial charge in [-0.15, -0.1) is 0 Å². The van der Waals surface area contributed by atoms with Crippen LogP contribution in [-0.2, 0) is 4.74 Å². The molecule has 1 unspecified atom stereocenters. The molecule has 1 rings (SSSR count). The highest BCUT2D eigenvalue weighted by atomic mass is 19.4. The molecular weight excluding hydrogens is 243 g/mol. The number of aliphatic imine (C=N–C) groups is 2. The van der Waals surface area contributed by atoms with Gasteiger partial charge >= 0.3 is 18.2 Å². The van der Waals surface area contributed by atoms with Crippen molar-refractivity contribution in [3.8, 4) is 0 Å². The number of rotatable bonds is 0. The van der Waals surface area contributed by atoms with Crippen molar-refractivity contribution < 1.29 is 22.7 Å². The minimum atomic E-state index is -4.62. The SMILES string of the molecule is CNC(=O)NC1=NC(OC)=NC(C(F)(F)F)N1. The highest BCUT2D eigenvalue weighted by molar-refractivity contribution is 6.02. The van der Waals surface area contributed by atoms with Crippen LogP contribution in [-0.4, -0.2) is 44.5 Å². The van der Waals surface area contributed by atoms with Crippen LogP contribution in [0, 0.1) is 0 Å². The standard InChI is InChI=1S/C7H10F3N5O2/c1-11-5(16)14-4-12-3(7(8,9)10)13-6(15-4)17-2/h3H,1-2H3,(H3,11,12,13,14,15,16). The molecule has 1 aliphatic rings. The molecule has 1 aliphatic heterocycles. The number of urea groups is 1. The van der Waals surface area contributed by atoms with Crippen LogP contribution in [0.4, 0.5) is 18.0 Å². The summed E-state index contributed by atoms with van der Waals surface area (Å²) in [5.41, 5.74) is 0. The zero-order valence-electron chi connectivity index (χ0n) is 8.92. The highest BCUT2D eigenvalue weighted by Crippen LogP contribution is 2.22. The summed E-state index contributed by atoms with van der Waals surface area (Å²) in [6.07, 6.45) is -6.82. The van der Waals surface area contributed by atoms with Gasteiger partial charge in [-0.2, -0.15) is 23.2 Å². The van der Waals surface area contributed by atoms with E-state index in [1.807, 2.05) is 5.32 Å². The smallest absolute Gasteiger partial charge is 0.429 e. The largest absolute Gasteiger partial charge is 0.467 e. The van der Waals surface area contributed by atoms with Gasteiger partial charge in [-0.05, 0) is 0 Å². The van der Waals surface area contributed by atoms with Gasteiger partial charge in [0.15, 0.2) is 0 Å². The normalized spacial score (nSPS) is 19.7. The average Bonchev–Trinajstić information content (AvgIpc) is 2.27. The third kappa shape index (κ3) is 3.50. The molecule has 7 nitrogen and oxygen atoms in total. The van der Waals surface area contributed by atoms with E-state index in [1.54, 1.807) is 0 Å². The van der Waals surface area contributed by atoms with Crippen molar-refractivity contribution >= 4 is 18.0 Å². The highest BCUT2D eigenvalue weighted by Gasteiger charge is 2.42. The number of amidine groups is 1. The Morgan fingerprint density at radius 1 is 1.53 bits per heavy atom. The number of alkyl halides is 3. The minimum absolute atomic E-state index is 0.390. The fraction of sp³-hybridized carbons (Fsp3) is 0.571. The van der Waals surface area contributed by atoms with Crippen LogP contribution in [0.3, 0.4) is 0 Å². The van der Waals surface area contributed by atoms with Crippen LogP contribution in [0.15, 0.2) is 9.98 Å². The summed E-state index contributed by atoms with van der Waals surface area (Å²) in [6.45, 7) is 0. The zero-order valence-corrected chi connectivity index (χ0v) is 8.92. The Labute approximate surface area is 94.1 Å². The molecule has 0 fully saturated rings. The van der Waals surface area contributed by atoms with Crippen molar-refractivity contribution in [3.05, 3.63) is 0 Å². The van der Waals surface area contributed by atoms with Gasteiger partial charge in [0.25, 0.3) is 0 Å². The lowest BCUT2D eigenvalue weighted by atomic mass is 10.4. The lowest BCUT2D eigenvalue weighted by molar-refractivity contribution is -0.150. The monoisotopic (exact) mass is 253 g/mol. The van der Waals surface area contributed by atoms with E-state index in [0.29, 0.717) is 0 Å². The maximum absolute atomic E-state index is 12.4. The Hall–Kier alpha value is -2.00. The number of carbonyl (C=O) groups is 1. The summed E-state index contributed by atoms with van der Waals surface area (Å²) in [5, 5.41) is 6.14. The summed E-state index contributed by atoms with van der Waals surface area (Å²) in [4.78, 5) is 17.6. The molecule has 2 amide bonds. The Bertz CT molecular complexity index is 365. The van der Waals surface area contributed by atoms with Gasteiger partial charge < -0.3 is 15.4 Å². The molecule has 17 heavy (non-hydrogen) atoms. The molecule has 0 aromatic rings. The molecule has 3 N–H and O–H groups in total. The fourth-order valence-electron chi connectivity index (χ4n) is 0.916. The molecule has 0 aliphatic carbocycles. The summed E-state index contributed by atoms with van der Waals surface area (Å²) < 4.78 is 41.8. The number of nitrogens with one attached hydrogen (secondary N) is 3. The van der Waals surface area contributed by atoms with Crippen molar-refractivity contribution in [2.24, 2.45) is 9.98 Å². The summed E-state index contributed by atoms with van der Waals surface area (Å²) in [6, 6.07) is -1.19. The van der Waals surface area contributed by atoms with E-state index < -0.39 is 30.4 Å². The van der Waals surface area contributed by atoms with Gasteiger partial charge in [0.1, 0.15) is 0 Å². The topological polar surface area (TPSA) is 87.1 Å². The second kappa shape index (κ2) is 4.89. The summed E-state index contributed by atoms with van der Waals surface area (Å²) in [7, 11) is 2.43. The van der Waals surface area contributed by atoms with Crippen molar-refractivity contribution in [1.29, 1.82) is 0 Å². The fourth-order valence-corrected chi connectivity index (χ4v) is 0.916. The van der Waals surface area contributed by atoms with Crippen molar-refractivity contribution in [1.82, 2.24) is 16.0 Å². The first-order valence-electron chi connectivity index (χ1n) is 4.39. The molecule has 0 saturated heterocycles. The van der Waals surface area contributed by atoms with E-state index >= 15 is 0 Å². The number of hydrogen-bond acceptors (Lipinski definition) is 5. The minimum Gasteiger partial charge on any atom is -0.467 e. The molecule has 96 valence electrons. The number of methoxy groups -OCH3 is 1. The number of ether oxygens (including phenoxy) is 1. The molecule has 0 spiro atoms. The maximum Gasteiger partial charge on any atom is 0.429 e. The zero-order chi connectivity index (χ0) is 13.1. The predicted octanol–water partition coefficient (Wildman–Crippen LogP) is -0.235. The van der Waals surface area contributed by atoms with Gasteiger partial charge in [-0.25, -0.2) is 4.79 Å². The quantitative estimate of drug-likeness (QED) is 0.557. The number of amides is 2. The van der Waals surface area contributed by atoms with Crippen molar-refractivity contribution in [2.75, 3.05) is 14.2 Å². The second-order valence-corrected chi connectivity index (χ2v) is 2.87. The summed E-state index contributed by atoms with van der Waals surface area (Å²) in [5.74, 6) is -0.390. The van der Waals surface area contributed by atoms with Gasteiger partial charge in [0.2, 0.25) is 12.1 Å². The molecule has 0 radical (unpaired) electrons. The molecule has 1 atom stereocenters. The first kappa shape index (κ1) is 13.1. The Morgan fingerprint density at radius 3 is 2.65 bits per heavy atom. The van der Waals surface area contributed by atoms with Crippen molar-refractivity contribution in [3.63, 3.8) is 0 Å². The van der Waals surface area contributed by atoms with Crippen molar-refractivity contribution in [2.45, 2.75) is 12.3 Å². The van der Waals surface area contributed by atoms with Crippen LogP contribution in [0.1, 0.15) is 0 Å². The second-order valence-electron chi connectivity index (χ2n) is 2.87. The van der Waals surface area contributed by atoms with Crippen LogP contribution in [0.25, 0.3) is 0 Å². The number of carbonyl (C=O) groups excluding carboxylic acids is 1. The lowest BCUT2D eigenvalue weighted by Crippen LogP contribution is -2.54. The van der Waals surface area contributed by atoms with E-state index in [1.165, 1.54) is 7.05 Å². The third-order valence-electron chi connectivity index (χ3n) is 1.67. The van der Waals surface area contributed by atoms with E-state index in [4.69, 9.17) is 0 Å². The Morgan fingerprint density at radius 2 is 2.18 bits per heavy atom. The first-order valence-corrected chi connectivity index (χ1v) is 4.39. The van der Waals surface area contributed by atoms with E-state index in [-0.39, 0.29) is 0 Å².